The van der Waals surface area contributed by atoms with Crippen molar-refractivity contribution in [2.45, 2.75) is 38.1 Å². The number of aryl methyl sites for hydroxylation is 1. The van der Waals surface area contributed by atoms with E-state index in [0.717, 1.165) is 43.1 Å². The van der Waals surface area contributed by atoms with Crippen molar-refractivity contribution in [2.24, 2.45) is 0 Å². The standard InChI is InChI=1S/C25H33N7OS/c1-18-17-27-24(29-19-7-5-9-21(15-19)32-13-11-26-12-14-32)30-23(18)28-20-8-6-10-22(16-20)34(33)31-25(2,3)4/h5-10,15-17,26,31H,11-14H2,1-4H3,(H2,27,28,29,30). The molecular weight excluding hydrogens is 446 g/mol. The van der Waals surface area contributed by atoms with Crippen LogP contribution in [0.4, 0.5) is 28.8 Å². The summed E-state index contributed by atoms with van der Waals surface area (Å²) in [7, 11) is -1.31. The Morgan fingerprint density at radius 1 is 1.00 bits per heavy atom. The van der Waals surface area contributed by atoms with E-state index in [1.165, 1.54) is 5.69 Å². The Bertz CT molecular complexity index is 1160. The Kier molecular flexibility index (Phi) is 7.45. The first-order valence-electron chi connectivity index (χ1n) is 11.5. The van der Waals surface area contributed by atoms with E-state index in [4.69, 9.17) is 4.98 Å². The molecule has 1 fully saturated rings. The van der Waals surface area contributed by atoms with Crippen LogP contribution in [0.2, 0.25) is 0 Å². The summed E-state index contributed by atoms with van der Waals surface area (Å²) < 4.78 is 15.8. The van der Waals surface area contributed by atoms with Crippen molar-refractivity contribution in [2.75, 3.05) is 41.7 Å². The van der Waals surface area contributed by atoms with E-state index in [2.05, 4.69) is 42.7 Å². The number of hydrogen-bond acceptors (Lipinski definition) is 7. The van der Waals surface area contributed by atoms with Gasteiger partial charge in [-0.2, -0.15) is 4.98 Å². The van der Waals surface area contributed by atoms with Crippen molar-refractivity contribution in [1.82, 2.24) is 20.0 Å². The van der Waals surface area contributed by atoms with Crippen molar-refractivity contribution in [1.29, 1.82) is 0 Å². The summed E-state index contributed by atoms with van der Waals surface area (Å²) in [5.74, 6) is 1.21. The average molecular weight is 480 g/mol. The SMILES string of the molecule is Cc1cnc(Nc2cccc(N3CCNCC3)c2)nc1Nc1cccc(S(=O)NC(C)(C)C)c1. The van der Waals surface area contributed by atoms with Crippen LogP contribution in [0.1, 0.15) is 26.3 Å². The van der Waals surface area contributed by atoms with E-state index in [1.54, 1.807) is 6.20 Å². The molecule has 0 bridgehead atoms. The molecule has 0 saturated carbocycles. The maximum atomic E-state index is 12.7. The van der Waals surface area contributed by atoms with Crippen LogP contribution >= 0.6 is 0 Å². The van der Waals surface area contributed by atoms with Gasteiger partial charge >= 0.3 is 0 Å². The maximum Gasteiger partial charge on any atom is 0.229 e. The van der Waals surface area contributed by atoms with Gasteiger partial charge in [0.2, 0.25) is 5.95 Å². The van der Waals surface area contributed by atoms with E-state index in [-0.39, 0.29) is 5.54 Å². The highest BCUT2D eigenvalue weighted by Gasteiger charge is 2.15. The topological polar surface area (TPSA) is 94.2 Å². The van der Waals surface area contributed by atoms with Crippen molar-refractivity contribution >= 4 is 39.8 Å². The van der Waals surface area contributed by atoms with Crippen LogP contribution in [0, 0.1) is 6.92 Å². The number of anilines is 5. The van der Waals surface area contributed by atoms with Gasteiger partial charge in [-0.3, -0.25) is 0 Å². The first-order chi connectivity index (χ1) is 16.3. The zero-order chi connectivity index (χ0) is 24.1. The second-order valence-corrected chi connectivity index (χ2v) is 10.6. The molecule has 180 valence electrons. The maximum absolute atomic E-state index is 12.7. The van der Waals surface area contributed by atoms with Gasteiger partial charge in [0.25, 0.3) is 0 Å². The van der Waals surface area contributed by atoms with Crippen LogP contribution in [0.15, 0.2) is 59.6 Å². The Labute approximate surface area is 204 Å². The molecule has 0 amide bonds. The van der Waals surface area contributed by atoms with Gasteiger partial charge in [0.15, 0.2) is 0 Å². The zero-order valence-electron chi connectivity index (χ0n) is 20.2. The molecule has 0 radical (unpaired) electrons. The lowest BCUT2D eigenvalue weighted by molar-refractivity contribution is 0.519. The first kappa shape index (κ1) is 24.1. The second-order valence-electron chi connectivity index (χ2n) is 9.41. The molecule has 1 aliphatic rings. The van der Waals surface area contributed by atoms with Gasteiger partial charge in [0.1, 0.15) is 16.8 Å². The number of nitrogens with one attached hydrogen (secondary N) is 4. The van der Waals surface area contributed by atoms with Crippen LogP contribution in [0.3, 0.4) is 0 Å². The monoisotopic (exact) mass is 479 g/mol. The van der Waals surface area contributed by atoms with E-state index in [9.17, 15) is 4.21 Å². The van der Waals surface area contributed by atoms with Gasteiger partial charge in [0.05, 0.1) is 4.90 Å². The fourth-order valence-corrected chi connectivity index (χ4v) is 4.73. The van der Waals surface area contributed by atoms with Crippen molar-refractivity contribution in [3.05, 3.63) is 60.3 Å². The number of aromatic nitrogens is 2. The minimum Gasteiger partial charge on any atom is -0.369 e. The van der Waals surface area contributed by atoms with Crippen LogP contribution < -0.4 is 25.6 Å². The molecule has 0 spiro atoms. The highest BCUT2D eigenvalue weighted by atomic mass is 32.2. The van der Waals surface area contributed by atoms with E-state index in [0.29, 0.717) is 16.7 Å². The van der Waals surface area contributed by atoms with Gasteiger partial charge in [-0.1, -0.05) is 12.1 Å². The van der Waals surface area contributed by atoms with Crippen molar-refractivity contribution < 1.29 is 4.21 Å². The van der Waals surface area contributed by atoms with Gasteiger partial charge in [-0.25, -0.2) is 13.9 Å². The lowest BCUT2D eigenvalue weighted by atomic mass is 10.1. The third-order valence-corrected chi connectivity index (χ3v) is 6.75. The van der Waals surface area contributed by atoms with Crippen LogP contribution in [-0.4, -0.2) is 45.9 Å². The molecule has 1 aliphatic heterocycles. The van der Waals surface area contributed by atoms with Gasteiger partial charge in [-0.15, -0.1) is 0 Å². The van der Waals surface area contributed by atoms with Crippen molar-refractivity contribution in [3.63, 3.8) is 0 Å². The predicted octanol–water partition coefficient (Wildman–Crippen LogP) is 4.09. The molecule has 1 atom stereocenters. The lowest BCUT2D eigenvalue weighted by Crippen LogP contribution is -2.43. The molecule has 0 aliphatic carbocycles. The average Bonchev–Trinajstić information content (AvgIpc) is 2.81. The zero-order valence-corrected chi connectivity index (χ0v) is 21.0. The highest BCUT2D eigenvalue weighted by molar-refractivity contribution is 7.83. The largest absolute Gasteiger partial charge is 0.369 e. The molecule has 9 heteroatoms. The molecule has 1 unspecified atom stereocenters. The Hall–Kier alpha value is -3.01. The van der Waals surface area contributed by atoms with Crippen LogP contribution in [-0.2, 0) is 11.0 Å². The molecule has 4 N–H and O–H groups in total. The molecule has 3 aromatic rings. The van der Waals surface area contributed by atoms with Crippen molar-refractivity contribution in [3.8, 4) is 0 Å². The number of piperazine rings is 1. The normalized spacial score (nSPS) is 15.1. The third kappa shape index (κ3) is 6.53. The predicted molar refractivity (Wildman–Crippen MR) is 141 cm³/mol. The lowest BCUT2D eigenvalue weighted by Gasteiger charge is -2.29. The van der Waals surface area contributed by atoms with Crippen LogP contribution in [0.25, 0.3) is 0 Å². The number of hydrogen-bond donors (Lipinski definition) is 4. The number of nitrogens with zero attached hydrogens (tertiary/aromatic N) is 3. The highest BCUT2D eigenvalue weighted by Crippen LogP contribution is 2.25. The minimum absolute atomic E-state index is 0.250. The summed E-state index contributed by atoms with van der Waals surface area (Å²) in [6.45, 7) is 11.9. The Morgan fingerprint density at radius 2 is 1.71 bits per heavy atom. The quantitative estimate of drug-likeness (QED) is 0.405. The molecule has 1 aromatic heterocycles. The molecule has 2 aromatic carbocycles. The summed E-state index contributed by atoms with van der Waals surface area (Å²) in [6.07, 6.45) is 1.79. The molecular formula is C25H33N7OS. The summed E-state index contributed by atoms with van der Waals surface area (Å²) in [6, 6.07) is 15.9. The fourth-order valence-electron chi connectivity index (χ4n) is 3.62. The molecule has 8 nitrogen and oxygen atoms in total. The summed E-state index contributed by atoms with van der Waals surface area (Å²) in [5, 5.41) is 10.1. The van der Waals surface area contributed by atoms with E-state index in [1.807, 2.05) is 64.1 Å². The smallest absolute Gasteiger partial charge is 0.229 e. The Morgan fingerprint density at radius 3 is 2.44 bits per heavy atom. The number of benzene rings is 2. The number of rotatable bonds is 7. The Balaban J connectivity index is 1.49. The van der Waals surface area contributed by atoms with E-state index < -0.39 is 11.0 Å². The summed E-state index contributed by atoms with van der Waals surface area (Å²) in [5.41, 5.74) is 3.61. The van der Waals surface area contributed by atoms with Crippen LogP contribution in [0.5, 0.6) is 0 Å². The summed E-state index contributed by atoms with van der Waals surface area (Å²) in [4.78, 5) is 12.2. The molecule has 34 heavy (non-hydrogen) atoms. The van der Waals surface area contributed by atoms with E-state index >= 15 is 0 Å². The fraction of sp³-hybridized carbons (Fsp3) is 0.360. The first-order valence-corrected chi connectivity index (χ1v) is 12.6. The molecule has 1 saturated heterocycles. The second kappa shape index (κ2) is 10.5. The molecule has 2 heterocycles. The summed E-state index contributed by atoms with van der Waals surface area (Å²) >= 11 is 0. The van der Waals surface area contributed by atoms with Gasteiger partial charge < -0.3 is 20.9 Å². The van der Waals surface area contributed by atoms with Gasteiger partial charge in [0, 0.05) is 60.5 Å². The third-order valence-electron chi connectivity index (χ3n) is 5.27. The molecule has 4 rings (SSSR count). The minimum atomic E-state index is -1.31. The van der Waals surface area contributed by atoms with Gasteiger partial charge in [-0.05, 0) is 64.1 Å².